The molecule has 0 aliphatic rings. The third kappa shape index (κ3) is 5.19. The second-order valence-corrected chi connectivity index (χ2v) is 5.02. The van der Waals surface area contributed by atoms with Gasteiger partial charge in [-0.05, 0) is 18.1 Å². The number of hydrogen-bond donors (Lipinski definition) is 2. The molecule has 2 unspecified atom stereocenters. The van der Waals surface area contributed by atoms with E-state index in [1.807, 2.05) is 19.9 Å². The minimum Gasteiger partial charge on any atom is -0.496 e. The lowest BCUT2D eigenvalue weighted by Gasteiger charge is -2.18. The maximum absolute atomic E-state index is 11.9. The van der Waals surface area contributed by atoms with Crippen LogP contribution < -0.4 is 15.8 Å². The Hall–Kier alpha value is -0.970. The summed E-state index contributed by atoms with van der Waals surface area (Å²) in [6, 6.07) is 4.83. The van der Waals surface area contributed by atoms with Crippen molar-refractivity contribution in [2.45, 2.75) is 32.9 Å². The number of nitrogens with two attached hydrogens (primary N) is 1. The zero-order chi connectivity index (χ0) is 14.4. The fraction of sp³-hybridized carbons (Fsp3) is 0.500. The maximum atomic E-state index is 11.9. The van der Waals surface area contributed by atoms with Crippen LogP contribution in [0.25, 0.3) is 0 Å². The highest BCUT2D eigenvalue weighted by Crippen LogP contribution is 2.22. The van der Waals surface area contributed by atoms with Gasteiger partial charge in [0.25, 0.3) is 0 Å². The van der Waals surface area contributed by atoms with Gasteiger partial charge in [-0.1, -0.05) is 37.9 Å². The highest BCUT2D eigenvalue weighted by atomic mass is 35.5. The van der Waals surface area contributed by atoms with Crippen molar-refractivity contribution in [2.24, 2.45) is 11.7 Å². The molecule has 20 heavy (non-hydrogen) atoms. The van der Waals surface area contributed by atoms with Crippen LogP contribution in [0, 0.1) is 5.92 Å². The predicted octanol–water partition coefficient (Wildman–Crippen LogP) is 2.76. The first-order chi connectivity index (χ1) is 8.99. The molecule has 1 aromatic carbocycles. The summed E-state index contributed by atoms with van der Waals surface area (Å²) < 4.78 is 5.22. The van der Waals surface area contributed by atoms with Gasteiger partial charge in [0.05, 0.1) is 13.2 Å². The molecule has 0 radical (unpaired) electrons. The molecule has 6 heteroatoms. The molecule has 0 bridgehead atoms. The average molecular weight is 321 g/mol. The largest absolute Gasteiger partial charge is 0.496 e. The van der Waals surface area contributed by atoms with Crippen LogP contribution in [0.3, 0.4) is 0 Å². The summed E-state index contributed by atoms with van der Waals surface area (Å²) in [7, 11) is 1.57. The van der Waals surface area contributed by atoms with Crippen LogP contribution in [0.2, 0.25) is 5.02 Å². The van der Waals surface area contributed by atoms with E-state index in [2.05, 4.69) is 5.32 Å². The summed E-state index contributed by atoms with van der Waals surface area (Å²) in [5.74, 6) is 0.670. The van der Waals surface area contributed by atoms with E-state index in [1.54, 1.807) is 19.2 Å². The van der Waals surface area contributed by atoms with Gasteiger partial charge in [-0.3, -0.25) is 4.79 Å². The van der Waals surface area contributed by atoms with Crippen molar-refractivity contribution in [1.29, 1.82) is 0 Å². The van der Waals surface area contributed by atoms with Crippen molar-refractivity contribution in [1.82, 2.24) is 5.32 Å². The Morgan fingerprint density at radius 2 is 2.15 bits per heavy atom. The first-order valence-electron chi connectivity index (χ1n) is 6.35. The fourth-order valence-electron chi connectivity index (χ4n) is 1.68. The van der Waals surface area contributed by atoms with Gasteiger partial charge in [0, 0.05) is 17.1 Å². The lowest BCUT2D eigenvalue weighted by atomic mass is 9.99. The molecular formula is C14H22Cl2N2O2. The molecule has 1 aromatic rings. The summed E-state index contributed by atoms with van der Waals surface area (Å²) in [5, 5.41) is 3.42. The number of halogens is 2. The molecular weight excluding hydrogens is 299 g/mol. The Morgan fingerprint density at radius 1 is 1.50 bits per heavy atom. The highest BCUT2D eigenvalue weighted by molar-refractivity contribution is 6.30. The number of ether oxygens (including phenoxy) is 1. The number of amides is 1. The molecule has 1 rings (SSSR count). The smallest absolute Gasteiger partial charge is 0.237 e. The van der Waals surface area contributed by atoms with Crippen molar-refractivity contribution in [2.75, 3.05) is 7.11 Å². The molecule has 0 saturated carbocycles. The third-order valence-electron chi connectivity index (χ3n) is 3.26. The number of methoxy groups -OCH3 is 1. The van der Waals surface area contributed by atoms with E-state index in [1.165, 1.54) is 0 Å². The molecule has 0 aliphatic carbocycles. The zero-order valence-corrected chi connectivity index (χ0v) is 13.6. The van der Waals surface area contributed by atoms with Crippen molar-refractivity contribution < 1.29 is 9.53 Å². The van der Waals surface area contributed by atoms with Gasteiger partial charge in [0.2, 0.25) is 5.91 Å². The van der Waals surface area contributed by atoms with Crippen LogP contribution in [0.1, 0.15) is 25.8 Å². The summed E-state index contributed by atoms with van der Waals surface area (Å²) in [5.41, 5.74) is 6.74. The standard InChI is InChI=1S/C14H21ClN2O2.ClH/c1-4-9(2)13(16)14(18)17-8-10-5-6-11(15)7-12(10)19-3;/h5-7,9,13H,4,8,16H2,1-3H3,(H,17,18);1H. The Kier molecular flexibility index (Phi) is 8.62. The van der Waals surface area contributed by atoms with Gasteiger partial charge in [0.1, 0.15) is 5.75 Å². The van der Waals surface area contributed by atoms with Crippen molar-refractivity contribution in [3.63, 3.8) is 0 Å². The normalized spacial score (nSPS) is 13.1. The molecule has 4 nitrogen and oxygen atoms in total. The molecule has 0 spiro atoms. The summed E-state index contributed by atoms with van der Waals surface area (Å²) in [6.45, 7) is 4.36. The Labute approximate surface area is 131 Å². The van der Waals surface area contributed by atoms with Crippen LogP contribution in [-0.2, 0) is 11.3 Å². The zero-order valence-electron chi connectivity index (χ0n) is 12.0. The lowest BCUT2D eigenvalue weighted by Crippen LogP contribution is -2.44. The molecule has 2 atom stereocenters. The van der Waals surface area contributed by atoms with Crippen molar-refractivity contribution in [3.05, 3.63) is 28.8 Å². The second kappa shape index (κ2) is 9.06. The molecule has 0 fully saturated rings. The summed E-state index contributed by atoms with van der Waals surface area (Å²) in [4.78, 5) is 11.9. The SMILES string of the molecule is CCC(C)C(N)C(=O)NCc1ccc(Cl)cc1OC.Cl. The molecule has 3 N–H and O–H groups in total. The number of carbonyl (C=O) groups is 1. The van der Waals surface area contributed by atoms with E-state index in [-0.39, 0.29) is 24.2 Å². The van der Waals surface area contributed by atoms with Gasteiger partial charge in [-0.25, -0.2) is 0 Å². The first-order valence-corrected chi connectivity index (χ1v) is 6.73. The van der Waals surface area contributed by atoms with E-state index in [9.17, 15) is 4.79 Å². The van der Waals surface area contributed by atoms with E-state index in [0.29, 0.717) is 17.3 Å². The third-order valence-corrected chi connectivity index (χ3v) is 3.50. The average Bonchev–Trinajstić information content (AvgIpc) is 2.43. The lowest BCUT2D eigenvalue weighted by molar-refractivity contribution is -0.123. The Bertz CT molecular complexity index is 441. The van der Waals surface area contributed by atoms with Gasteiger partial charge < -0.3 is 15.8 Å². The van der Waals surface area contributed by atoms with Crippen LogP contribution in [-0.4, -0.2) is 19.1 Å². The van der Waals surface area contributed by atoms with E-state index >= 15 is 0 Å². The van der Waals surface area contributed by atoms with E-state index < -0.39 is 6.04 Å². The minimum atomic E-state index is -0.483. The van der Waals surface area contributed by atoms with Crippen LogP contribution >= 0.6 is 24.0 Å². The first kappa shape index (κ1) is 19.0. The van der Waals surface area contributed by atoms with Gasteiger partial charge in [0.15, 0.2) is 0 Å². The molecule has 0 aliphatic heterocycles. The number of nitrogens with one attached hydrogen (secondary N) is 1. The molecule has 1 amide bonds. The number of hydrogen-bond acceptors (Lipinski definition) is 3. The Balaban J connectivity index is 0.00000361. The van der Waals surface area contributed by atoms with Crippen LogP contribution in [0.15, 0.2) is 18.2 Å². The minimum absolute atomic E-state index is 0. The van der Waals surface area contributed by atoms with Gasteiger partial charge in [-0.2, -0.15) is 0 Å². The monoisotopic (exact) mass is 320 g/mol. The second-order valence-electron chi connectivity index (χ2n) is 4.59. The maximum Gasteiger partial charge on any atom is 0.237 e. The topological polar surface area (TPSA) is 64.4 Å². The van der Waals surface area contributed by atoms with Crippen LogP contribution in [0.4, 0.5) is 0 Å². The molecule has 0 heterocycles. The number of benzene rings is 1. The van der Waals surface area contributed by atoms with Gasteiger partial charge in [-0.15, -0.1) is 12.4 Å². The Morgan fingerprint density at radius 3 is 2.70 bits per heavy atom. The highest BCUT2D eigenvalue weighted by Gasteiger charge is 2.19. The van der Waals surface area contributed by atoms with Crippen LogP contribution in [0.5, 0.6) is 5.75 Å². The molecule has 0 saturated heterocycles. The fourth-order valence-corrected chi connectivity index (χ4v) is 1.84. The van der Waals surface area contributed by atoms with Crippen molar-refractivity contribution >= 4 is 29.9 Å². The molecule has 114 valence electrons. The quantitative estimate of drug-likeness (QED) is 0.847. The van der Waals surface area contributed by atoms with E-state index in [0.717, 1.165) is 12.0 Å². The van der Waals surface area contributed by atoms with Gasteiger partial charge >= 0.3 is 0 Å². The summed E-state index contributed by atoms with van der Waals surface area (Å²) >= 11 is 5.88. The number of rotatable bonds is 6. The van der Waals surface area contributed by atoms with E-state index in [4.69, 9.17) is 22.1 Å². The predicted molar refractivity (Wildman–Crippen MR) is 84.5 cm³/mol. The molecule has 0 aromatic heterocycles. The van der Waals surface area contributed by atoms with Crippen molar-refractivity contribution in [3.8, 4) is 5.75 Å². The number of carbonyl (C=O) groups excluding carboxylic acids is 1. The summed E-state index contributed by atoms with van der Waals surface area (Å²) in [6.07, 6.45) is 0.874.